The molecule has 0 spiro atoms. The summed E-state index contributed by atoms with van der Waals surface area (Å²) in [7, 11) is 0. The molecule has 1 saturated carbocycles. The number of rotatable bonds is 6. The summed E-state index contributed by atoms with van der Waals surface area (Å²) in [6.45, 7) is 4.09. The molecule has 0 amide bonds. The average Bonchev–Trinajstić information content (AvgIpc) is 3.19. The van der Waals surface area contributed by atoms with Gasteiger partial charge in [0, 0.05) is 0 Å². The number of aliphatic hydroxyl groups is 1. The fourth-order valence-electron chi connectivity index (χ4n) is 4.79. The van der Waals surface area contributed by atoms with Crippen molar-refractivity contribution in [3.05, 3.63) is 47.2 Å². The smallest absolute Gasteiger partial charge is 0.135 e. The van der Waals surface area contributed by atoms with Crippen LogP contribution in [0.3, 0.4) is 0 Å². The molecule has 1 aromatic carbocycles. The van der Waals surface area contributed by atoms with E-state index in [4.69, 9.17) is 4.74 Å². The molecule has 0 aliphatic heterocycles. The van der Waals surface area contributed by atoms with Crippen LogP contribution in [0.25, 0.3) is 11.3 Å². The Kier molecular flexibility index (Phi) is 4.72. The normalized spacial score (nSPS) is 27.0. The lowest BCUT2D eigenvalue weighted by atomic mass is 9.83. The molecule has 27 heavy (non-hydrogen) atoms. The number of hydrogen-bond acceptors (Lipinski definition) is 4. The van der Waals surface area contributed by atoms with E-state index in [2.05, 4.69) is 17.1 Å². The van der Waals surface area contributed by atoms with E-state index >= 15 is 0 Å². The Morgan fingerprint density at radius 2 is 1.96 bits per heavy atom. The van der Waals surface area contributed by atoms with E-state index in [1.54, 1.807) is 6.07 Å². The average molecular weight is 374 g/mol. The lowest BCUT2D eigenvalue weighted by Gasteiger charge is -2.33. The van der Waals surface area contributed by atoms with Gasteiger partial charge in [0.15, 0.2) is 0 Å². The highest BCUT2D eigenvalue weighted by Crippen LogP contribution is 2.61. The first-order chi connectivity index (χ1) is 13.0. The van der Waals surface area contributed by atoms with E-state index in [0.717, 1.165) is 30.5 Å². The molecule has 1 unspecified atom stereocenters. The van der Waals surface area contributed by atoms with Gasteiger partial charge < -0.3 is 9.84 Å². The molecular formula is C21H24F2N2O2. The van der Waals surface area contributed by atoms with E-state index in [1.165, 1.54) is 18.2 Å². The molecule has 2 aliphatic carbocycles. The van der Waals surface area contributed by atoms with Gasteiger partial charge in [-0.25, -0.2) is 8.78 Å². The van der Waals surface area contributed by atoms with Gasteiger partial charge in [-0.1, -0.05) is 26.3 Å². The third-order valence-corrected chi connectivity index (χ3v) is 6.16. The quantitative estimate of drug-likeness (QED) is 0.818. The highest BCUT2D eigenvalue weighted by Gasteiger charge is 2.56. The summed E-state index contributed by atoms with van der Waals surface area (Å²) in [5.74, 6) is -0.616. The minimum Gasteiger partial charge on any atom is -0.394 e. The molecule has 2 aromatic rings. The maximum Gasteiger partial charge on any atom is 0.135 e. The van der Waals surface area contributed by atoms with E-state index < -0.39 is 17.2 Å². The number of aliphatic hydroxyl groups excluding tert-OH is 1. The Morgan fingerprint density at radius 3 is 2.59 bits per heavy atom. The molecule has 1 N–H and O–H groups in total. The van der Waals surface area contributed by atoms with E-state index in [1.807, 2.05) is 6.92 Å². The van der Waals surface area contributed by atoms with Crippen LogP contribution in [0.1, 0.15) is 56.7 Å². The first-order valence-electron chi connectivity index (χ1n) is 9.64. The van der Waals surface area contributed by atoms with Crippen molar-refractivity contribution in [2.75, 3.05) is 6.61 Å². The summed E-state index contributed by atoms with van der Waals surface area (Å²) in [6, 6.07) is 5.58. The van der Waals surface area contributed by atoms with Gasteiger partial charge in [-0.2, -0.15) is 5.10 Å². The number of hydrogen-bond donors (Lipinski definition) is 1. The maximum atomic E-state index is 14.2. The zero-order chi connectivity index (χ0) is 19.2. The Balaban J connectivity index is 1.79. The van der Waals surface area contributed by atoms with Crippen molar-refractivity contribution < 1.29 is 18.6 Å². The SMILES string of the molecule is CCC1C[C@@]2(O[C@H](CC)CO)C[C@@H]1c1cc(-c3c(F)cccc3F)nnc12. The molecule has 2 aliphatic rings. The zero-order valence-corrected chi connectivity index (χ0v) is 15.6. The molecule has 1 heterocycles. The van der Waals surface area contributed by atoms with Crippen molar-refractivity contribution in [3.8, 4) is 11.3 Å². The molecule has 0 saturated heterocycles. The fraction of sp³-hybridized carbons (Fsp3) is 0.524. The van der Waals surface area contributed by atoms with Gasteiger partial charge in [0.05, 0.1) is 29.7 Å². The lowest BCUT2D eigenvalue weighted by Crippen LogP contribution is -2.34. The standard InChI is InChI=1S/C21H24F2N2O2/c1-3-12-9-21(27-13(4-2)11-26)10-15(12)14-8-18(24-25-20(14)21)19-16(22)6-5-7-17(19)23/h5-8,12-13,15,26H,3-4,9-11H2,1-2H3/t12?,13-,15+,21-/m1/s1. The minimum atomic E-state index is -0.642. The first-order valence-corrected chi connectivity index (χ1v) is 9.64. The highest BCUT2D eigenvalue weighted by atomic mass is 19.1. The van der Waals surface area contributed by atoms with Gasteiger partial charge in [-0.05, 0) is 54.9 Å². The second kappa shape index (κ2) is 6.91. The molecule has 4 atom stereocenters. The van der Waals surface area contributed by atoms with Crippen LogP contribution in [0.5, 0.6) is 0 Å². The molecular weight excluding hydrogens is 350 g/mol. The van der Waals surface area contributed by atoms with Gasteiger partial charge in [-0.3, -0.25) is 0 Å². The number of aromatic nitrogens is 2. The van der Waals surface area contributed by atoms with Crippen LogP contribution in [0.2, 0.25) is 0 Å². The topological polar surface area (TPSA) is 55.2 Å². The van der Waals surface area contributed by atoms with E-state index in [9.17, 15) is 13.9 Å². The Morgan fingerprint density at radius 1 is 1.22 bits per heavy atom. The summed E-state index contributed by atoms with van der Waals surface area (Å²) in [5, 5.41) is 18.1. The summed E-state index contributed by atoms with van der Waals surface area (Å²) < 4.78 is 34.7. The van der Waals surface area contributed by atoms with Crippen molar-refractivity contribution in [2.24, 2.45) is 5.92 Å². The van der Waals surface area contributed by atoms with Gasteiger partial charge in [0.1, 0.15) is 17.2 Å². The predicted molar refractivity (Wildman–Crippen MR) is 97.1 cm³/mol. The molecule has 4 nitrogen and oxygen atoms in total. The molecule has 1 fully saturated rings. The second-order valence-corrected chi connectivity index (χ2v) is 7.64. The van der Waals surface area contributed by atoms with Crippen LogP contribution >= 0.6 is 0 Å². The molecule has 144 valence electrons. The lowest BCUT2D eigenvalue weighted by molar-refractivity contribution is -0.115. The molecule has 0 radical (unpaired) electrons. The maximum absolute atomic E-state index is 14.2. The number of halogens is 2. The summed E-state index contributed by atoms with van der Waals surface area (Å²) >= 11 is 0. The van der Waals surface area contributed by atoms with E-state index in [0.29, 0.717) is 12.3 Å². The highest BCUT2D eigenvalue weighted by molar-refractivity contribution is 5.62. The molecule has 6 heteroatoms. The van der Waals surface area contributed by atoms with Gasteiger partial charge >= 0.3 is 0 Å². The number of benzene rings is 1. The monoisotopic (exact) mass is 374 g/mol. The largest absolute Gasteiger partial charge is 0.394 e. The fourth-order valence-corrected chi connectivity index (χ4v) is 4.79. The summed E-state index contributed by atoms with van der Waals surface area (Å²) in [6.07, 6.45) is 3.09. The van der Waals surface area contributed by atoms with Crippen molar-refractivity contribution in [1.29, 1.82) is 0 Å². The minimum absolute atomic E-state index is 0.0407. The third kappa shape index (κ3) is 2.86. The Labute approximate surface area is 157 Å². The molecule has 4 rings (SSSR count). The zero-order valence-electron chi connectivity index (χ0n) is 15.6. The van der Waals surface area contributed by atoms with Crippen LogP contribution in [0.15, 0.2) is 24.3 Å². The number of nitrogens with zero attached hydrogens (tertiary/aromatic N) is 2. The van der Waals surface area contributed by atoms with Crippen molar-refractivity contribution in [2.45, 2.75) is 57.2 Å². The van der Waals surface area contributed by atoms with Crippen LogP contribution < -0.4 is 0 Å². The number of fused-ring (bicyclic) bond motifs is 5. The van der Waals surface area contributed by atoms with Crippen LogP contribution in [-0.2, 0) is 10.3 Å². The number of ether oxygens (including phenoxy) is 1. The van der Waals surface area contributed by atoms with Gasteiger partial charge in [0.2, 0.25) is 0 Å². The summed E-state index contributed by atoms with van der Waals surface area (Å²) in [4.78, 5) is 0. The second-order valence-electron chi connectivity index (χ2n) is 7.64. The Hall–Kier alpha value is -1.92. The van der Waals surface area contributed by atoms with Crippen molar-refractivity contribution >= 4 is 0 Å². The van der Waals surface area contributed by atoms with Crippen molar-refractivity contribution in [1.82, 2.24) is 10.2 Å². The van der Waals surface area contributed by atoms with E-state index in [-0.39, 0.29) is 29.9 Å². The van der Waals surface area contributed by atoms with Gasteiger partial charge in [-0.15, -0.1) is 5.10 Å². The van der Waals surface area contributed by atoms with Crippen molar-refractivity contribution in [3.63, 3.8) is 0 Å². The summed E-state index contributed by atoms with van der Waals surface area (Å²) in [5.41, 5.74) is 1.28. The van der Waals surface area contributed by atoms with Gasteiger partial charge in [0.25, 0.3) is 0 Å². The molecule has 1 aromatic heterocycles. The predicted octanol–water partition coefficient (Wildman–Crippen LogP) is 4.32. The molecule has 2 bridgehead atoms. The van der Waals surface area contributed by atoms with Crippen LogP contribution in [0, 0.1) is 17.6 Å². The Bertz CT molecular complexity index is 836. The van der Waals surface area contributed by atoms with Crippen LogP contribution in [0.4, 0.5) is 8.78 Å². The third-order valence-electron chi connectivity index (χ3n) is 6.16. The first kappa shape index (κ1) is 18.4. The van der Waals surface area contributed by atoms with Crippen LogP contribution in [-0.4, -0.2) is 28.0 Å².